The first-order valence-corrected chi connectivity index (χ1v) is 7.04. The zero-order chi connectivity index (χ0) is 13.4. The van der Waals surface area contributed by atoms with Crippen molar-refractivity contribution in [2.24, 2.45) is 0 Å². The molecule has 94 valence electrons. The number of hydrogen-bond acceptors (Lipinski definition) is 1. The van der Waals surface area contributed by atoms with Crippen LogP contribution in [0, 0.1) is 0 Å². The lowest BCUT2D eigenvalue weighted by atomic mass is 9.97. The minimum Gasteiger partial charge on any atom is -0.300 e. The van der Waals surface area contributed by atoms with Crippen molar-refractivity contribution in [3.63, 3.8) is 0 Å². The highest BCUT2D eigenvalue weighted by molar-refractivity contribution is 9.10. The molecule has 0 saturated heterocycles. The first-order valence-electron chi connectivity index (χ1n) is 6.24. The highest BCUT2D eigenvalue weighted by atomic mass is 79.9. The SMILES string of the molecule is CC(=O)Cc1c(Br)ccc2cc3ccccc3cc12. The summed E-state index contributed by atoms with van der Waals surface area (Å²) in [7, 11) is 0. The lowest BCUT2D eigenvalue weighted by Crippen LogP contribution is -1.98. The maximum atomic E-state index is 11.5. The van der Waals surface area contributed by atoms with Gasteiger partial charge in [0.25, 0.3) is 0 Å². The number of ketones is 1. The van der Waals surface area contributed by atoms with Gasteiger partial charge in [-0.25, -0.2) is 0 Å². The van der Waals surface area contributed by atoms with Gasteiger partial charge in [0.2, 0.25) is 0 Å². The first kappa shape index (κ1) is 12.4. The zero-order valence-corrected chi connectivity index (χ0v) is 12.2. The lowest BCUT2D eigenvalue weighted by Gasteiger charge is -2.09. The van der Waals surface area contributed by atoms with Crippen LogP contribution in [0.5, 0.6) is 0 Å². The van der Waals surface area contributed by atoms with Gasteiger partial charge in [0, 0.05) is 10.9 Å². The van der Waals surface area contributed by atoms with Crippen molar-refractivity contribution >= 4 is 43.3 Å². The van der Waals surface area contributed by atoms with Crippen molar-refractivity contribution in [3.05, 3.63) is 58.6 Å². The maximum absolute atomic E-state index is 11.5. The van der Waals surface area contributed by atoms with Gasteiger partial charge < -0.3 is 0 Å². The van der Waals surface area contributed by atoms with Crippen molar-refractivity contribution < 1.29 is 4.79 Å². The summed E-state index contributed by atoms with van der Waals surface area (Å²) in [5.74, 6) is 0.182. The summed E-state index contributed by atoms with van der Waals surface area (Å²) in [6.07, 6.45) is 0.469. The van der Waals surface area contributed by atoms with Crippen molar-refractivity contribution in [2.75, 3.05) is 0 Å². The molecule has 0 aliphatic heterocycles. The molecule has 3 aromatic carbocycles. The summed E-state index contributed by atoms with van der Waals surface area (Å²) in [6.45, 7) is 1.63. The fraction of sp³-hybridized carbons (Fsp3) is 0.118. The molecule has 1 nitrogen and oxygen atoms in total. The van der Waals surface area contributed by atoms with Gasteiger partial charge in [0.1, 0.15) is 5.78 Å². The Morgan fingerprint density at radius 3 is 2.37 bits per heavy atom. The highest BCUT2D eigenvalue weighted by Gasteiger charge is 2.09. The van der Waals surface area contributed by atoms with E-state index in [0.29, 0.717) is 6.42 Å². The normalized spacial score (nSPS) is 11.1. The van der Waals surface area contributed by atoms with E-state index in [0.717, 1.165) is 15.4 Å². The molecule has 0 spiro atoms. The van der Waals surface area contributed by atoms with Crippen LogP contribution in [-0.2, 0) is 11.2 Å². The van der Waals surface area contributed by atoms with E-state index < -0.39 is 0 Å². The van der Waals surface area contributed by atoms with Crippen LogP contribution in [0.15, 0.2) is 53.0 Å². The van der Waals surface area contributed by atoms with Crippen LogP contribution in [0.4, 0.5) is 0 Å². The molecule has 0 unspecified atom stereocenters. The Morgan fingerprint density at radius 1 is 1.00 bits per heavy atom. The first-order chi connectivity index (χ1) is 9.15. The van der Waals surface area contributed by atoms with Crippen molar-refractivity contribution in [3.8, 4) is 0 Å². The summed E-state index contributed by atoms with van der Waals surface area (Å²) < 4.78 is 1.01. The molecule has 0 atom stereocenters. The molecule has 0 amide bonds. The lowest BCUT2D eigenvalue weighted by molar-refractivity contribution is -0.116. The average Bonchev–Trinajstić information content (AvgIpc) is 2.40. The molecule has 0 saturated carbocycles. The van der Waals surface area contributed by atoms with E-state index in [1.165, 1.54) is 16.2 Å². The molecule has 0 radical (unpaired) electrons. The number of Topliss-reactive ketones (excluding diaryl/α,β-unsaturated/α-hetero) is 1. The summed E-state index contributed by atoms with van der Waals surface area (Å²) in [5.41, 5.74) is 1.08. The topological polar surface area (TPSA) is 17.1 Å². The molecule has 19 heavy (non-hydrogen) atoms. The number of benzene rings is 3. The predicted octanol–water partition coefficient (Wildman–Crippen LogP) is 4.89. The summed E-state index contributed by atoms with van der Waals surface area (Å²) in [4.78, 5) is 11.5. The van der Waals surface area contributed by atoms with Crippen LogP contribution >= 0.6 is 15.9 Å². The summed E-state index contributed by atoms with van der Waals surface area (Å²) in [6, 6.07) is 16.8. The quantitative estimate of drug-likeness (QED) is 0.616. The number of halogens is 1. The third-order valence-corrected chi connectivity index (χ3v) is 4.11. The van der Waals surface area contributed by atoms with Crippen LogP contribution in [0.25, 0.3) is 21.5 Å². The van der Waals surface area contributed by atoms with Gasteiger partial charge in [0.15, 0.2) is 0 Å². The average molecular weight is 313 g/mol. The maximum Gasteiger partial charge on any atom is 0.134 e. The summed E-state index contributed by atoms with van der Waals surface area (Å²) >= 11 is 3.56. The Bertz CT molecular complexity index is 790. The fourth-order valence-electron chi connectivity index (χ4n) is 2.48. The Kier molecular flexibility index (Phi) is 3.11. The number of carbonyl (C=O) groups excluding carboxylic acids is 1. The Labute approximate surface area is 120 Å². The predicted molar refractivity (Wildman–Crippen MR) is 83.5 cm³/mol. The third-order valence-electron chi connectivity index (χ3n) is 3.37. The number of fused-ring (bicyclic) bond motifs is 2. The van der Waals surface area contributed by atoms with Gasteiger partial charge in [0.05, 0.1) is 0 Å². The van der Waals surface area contributed by atoms with E-state index in [1.54, 1.807) is 6.92 Å². The van der Waals surface area contributed by atoms with Gasteiger partial charge >= 0.3 is 0 Å². The second-order valence-corrected chi connectivity index (χ2v) is 5.68. The minimum atomic E-state index is 0.182. The third kappa shape index (κ3) is 2.28. The molecule has 0 N–H and O–H groups in total. The van der Waals surface area contributed by atoms with E-state index in [2.05, 4.69) is 46.3 Å². The van der Waals surface area contributed by atoms with E-state index in [-0.39, 0.29) is 5.78 Å². The largest absolute Gasteiger partial charge is 0.300 e. The molecule has 2 heteroatoms. The molecule has 0 fully saturated rings. The molecule has 0 aliphatic carbocycles. The smallest absolute Gasteiger partial charge is 0.134 e. The standard InChI is InChI=1S/C17H13BrO/c1-11(19)8-16-15-10-13-5-3-2-4-12(13)9-14(15)6-7-17(16)18/h2-7,9-10H,8H2,1H3. The molecule has 0 heterocycles. The molecule has 0 aliphatic rings. The van der Waals surface area contributed by atoms with Gasteiger partial charge in [-0.15, -0.1) is 0 Å². The van der Waals surface area contributed by atoms with E-state index in [1.807, 2.05) is 18.2 Å². The number of hydrogen-bond donors (Lipinski definition) is 0. The Morgan fingerprint density at radius 2 is 1.68 bits per heavy atom. The van der Waals surface area contributed by atoms with E-state index in [4.69, 9.17) is 0 Å². The van der Waals surface area contributed by atoms with Gasteiger partial charge in [-0.05, 0) is 52.2 Å². The van der Waals surface area contributed by atoms with Crippen molar-refractivity contribution in [1.82, 2.24) is 0 Å². The molecule has 0 bridgehead atoms. The van der Waals surface area contributed by atoms with Gasteiger partial charge in [-0.3, -0.25) is 4.79 Å². The van der Waals surface area contributed by atoms with Gasteiger partial charge in [-0.2, -0.15) is 0 Å². The monoisotopic (exact) mass is 312 g/mol. The van der Waals surface area contributed by atoms with E-state index >= 15 is 0 Å². The van der Waals surface area contributed by atoms with Crippen LogP contribution in [0.2, 0.25) is 0 Å². The summed E-state index contributed by atoms with van der Waals surface area (Å²) in [5, 5.41) is 4.77. The fourth-order valence-corrected chi connectivity index (χ4v) is 2.96. The number of rotatable bonds is 2. The molecule has 0 aromatic heterocycles. The zero-order valence-electron chi connectivity index (χ0n) is 10.6. The molecular formula is C17H13BrO. The molecule has 3 rings (SSSR count). The van der Waals surface area contributed by atoms with Crippen molar-refractivity contribution in [1.29, 1.82) is 0 Å². The highest BCUT2D eigenvalue weighted by Crippen LogP contribution is 2.30. The Balaban J connectivity index is 2.37. The van der Waals surface area contributed by atoms with Crippen molar-refractivity contribution in [2.45, 2.75) is 13.3 Å². The van der Waals surface area contributed by atoms with E-state index in [9.17, 15) is 4.79 Å². The van der Waals surface area contributed by atoms with Crippen LogP contribution in [-0.4, -0.2) is 5.78 Å². The van der Waals surface area contributed by atoms with Crippen LogP contribution in [0.3, 0.4) is 0 Å². The van der Waals surface area contributed by atoms with Gasteiger partial charge in [-0.1, -0.05) is 46.3 Å². The number of carbonyl (C=O) groups is 1. The molecule has 3 aromatic rings. The second kappa shape index (κ2) is 4.78. The Hall–Kier alpha value is -1.67. The molecular weight excluding hydrogens is 300 g/mol. The van der Waals surface area contributed by atoms with Crippen LogP contribution < -0.4 is 0 Å². The van der Waals surface area contributed by atoms with Crippen LogP contribution in [0.1, 0.15) is 12.5 Å². The minimum absolute atomic E-state index is 0.182. The second-order valence-electron chi connectivity index (χ2n) is 4.83.